The minimum atomic E-state index is 0.176. The number of benzene rings is 1. The zero-order valence-electron chi connectivity index (χ0n) is 10.5. The van der Waals surface area contributed by atoms with Gasteiger partial charge in [0.2, 0.25) is 0 Å². The highest BCUT2D eigenvalue weighted by Gasteiger charge is 1.97. The Bertz CT molecular complexity index is 411. The van der Waals surface area contributed by atoms with Crippen LogP contribution in [0.5, 0.6) is 5.75 Å². The van der Waals surface area contributed by atoms with Gasteiger partial charge in [0.25, 0.3) is 0 Å². The number of carbonyl (C=O) groups is 1. The zero-order valence-corrected chi connectivity index (χ0v) is 11.3. The van der Waals surface area contributed by atoms with Gasteiger partial charge in [0.05, 0.1) is 7.11 Å². The van der Waals surface area contributed by atoms with E-state index in [4.69, 9.17) is 4.74 Å². The van der Waals surface area contributed by atoms with Gasteiger partial charge in [-0.1, -0.05) is 36.0 Å². The van der Waals surface area contributed by atoms with Crippen molar-refractivity contribution in [3.63, 3.8) is 0 Å². The van der Waals surface area contributed by atoms with Crippen LogP contribution in [0.2, 0.25) is 0 Å². The number of thioether (sulfide) groups is 1. The SMILES string of the molecule is COc1cc(C=CCCSC(C)=O)ccc1C. The topological polar surface area (TPSA) is 26.3 Å². The van der Waals surface area contributed by atoms with E-state index < -0.39 is 0 Å². The van der Waals surface area contributed by atoms with Crippen LogP contribution in [-0.4, -0.2) is 18.0 Å². The van der Waals surface area contributed by atoms with E-state index in [1.807, 2.05) is 19.1 Å². The molecule has 1 rings (SSSR count). The van der Waals surface area contributed by atoms with Crippen molar-refractivity contribution in [3.05, 3.63) is 35.4 Å². The first-order chi connectivity index (χ1) is 8.13. The summed E-state index contributed by atoms with van der Waals surface area (Å²) in [6, 6.07) is 6.12. The molecular weight excluding hydrogens is 232 g/mol. The summed E-state index contributed by atoms with van der Waals surface area (Å²) in [4.78, 5) is 10.7. The molecular formula is C14H18O2S. The fourth-order valence-corrected chi connectivity index (χ4v) is 1.97. The minimum Gasteiger partial charge on any atom is -0.496 e. The molecule has 0 aromatic heterocycles. The number of methoxy groups -OCH3 is 1. The molecule has 2 nitrogen and oxygen atoms in total. The average Bonchev–Trinajstić information content (AvgIpc) is 2.30. The zero-order chi connectivity index (χ0) is 12.7. The molecule has 0 amide bonds. The molecule has 0 unspecified atom stereocenters. The maximum Gasteiger partial charge on any atom is 0.185 e. The standard InChI is InChI=1S/C14H18O2S/c1-11-7-8-13(10-14(11)16-3)6-4-5-9-17-12(2)15/h4,6-8,10H,5,9H2,1-3H3. The smallest absolute Gasteiger partial charge is 0.185 e. The highest BCUT2D eigenvalue weighted by molar-refractivity contribution is 8.13. The van der Waals surface area contributed by atoms with Crippen molar-refractivity contribution in [1.29, 1.82) is 0 Å². The number of allylic oxidation sites excluding steroid dienone is 1. The number of hydrogen-bond donors (Lipinski definition) is 0. The molecule has 0 N–H and O–H groups in total. The second kappa shape index (κ2) is 7.17. The van der Waals surface area contributed by atoms with Gasteiger partial charge in [-0.2, -0.15) is 0 Å². The van der Waals surface area contributed by atoms with Crippen LogP contribution in [0, 0.1) is 6.92 Å². The van der Waals surface area contributed by atoms with Gasteiger partial charge in [0.1, 0.15) is 5.75 Å². The van der Waals surface area contributed by atoms with Gasteiger partial charge in [-0.05, 0) is 30.5 Å². The number of hydrogen-bond acceptors (Lipinski definition) is 3. The van der Waals surface area contributed by atoms with Gasteiger partial charge in [0, 0.05) is 12.7 Å². The lowest BCUT2D eigenvalue weighted by molar-refractivity contribution is -0.109. The van der Waals surface area contributed by atoms with Crippen LogP contribution in [0.15, 0.2) is 24.3 Å². The molecule has 17 heavy (non-hydrogen) atoms. The lowest BCUT2D eigenvalue weighted by atomic mass is 10.1. The van der Waals surface area contributed by atoms with Crippen molar-refractivity contribution in [3.8, 4) is 5.75 Å². The number of carbonyl (C=O) groups excluding carboxylic acids is 1. The highest BCUT2D eigenvalue weighted by Crippen LogP contribution is 2.19. The van der Waals surface area contributed by atoms with Crippen molar-refractivity contribution in [1.82, 2.24) is 0 Å². The van der Waals surface area contributed by atoms with E-state index in [0.29, 0.717) is 0 Å². The third-order valence-electron chi connectivity index (χ3n) is 2.33. The molecule has 3 heteroatoms. The van der Waals surface area contributed by atoms with Gasteiger partial charge in [-0.15, -0.1) is 0 Å². The van der Waals surface area contributed by atoms with Crippen molar-refractivity contribution in [2.75, 3.05) is 12.9 Å². The maximum absolute atomic E-state index is 10.7. The van der Waals surface area contributed by atoms with E-state index in [9.17, 15) is 4.79 Å². The maximum atomic E-state index is 10.7. The van der Waals surface area contributed by atoms with Gasteiger partial charge in [-0.3, -0.25) is 4.79 Å². The molecule has 1 aromatic rings. The third kappa shape index (κ3) is 5.09. The second-order valence-electron chi connectivity index (χ2n) is 3.76. The molecule has 0 saturated carbocycles. The first-order valence-electron chi connectivity index (χ1n) is 5.58. The summed E-state index contributed by atoms with van der Waals surface area (Å²) < 4.78 is 5.26. The monoisotopic (exact) mass is 250 g/mol. The fourth-order valence-electron chi connectivity index (χ4n) is 1.43. The number of aryl methyl sites for hydroxylation is 1. The van der Waals surface area contributed by atoms with Crippen LogP contribution in [0.1, 0.15) is 24.5 Å². The summed E-state index contributed by atoms with van der Waals surface area (Å²) in [5.74, 6) is 1.75. The lowest BCUT2D eigenvalue weighted by Gasteiger charge is -2.04. The Hall–Kier alpha value is -1.22. The highest BCUT2D eigenvalue weighted by atomic mass is 32.2. The van der Waals surface area contributed by atoms with Crippen LogP contribution in [0.4, 0.5) is 0 Å². The molecule has 0 aliphatic rings. The van der Waals surface area contributed by atoms with Crippen molar-refractivity contribution >= 4 is 23.0 Å². The van der Waals surface area contributed by atoms with Crippen molar-refractivity contribution in [2.45, 2.75) is 20.3 Å². The van der Waals surface area contributed by atoms with E-state index in [0.717, 1.165) is 29.1 Å². The lowest BCUT2D eigenvalue weighted by Crippen LogP contribution is -1.87. The second-order valence-corrected chi connectivity index (χ2v) is 5.03. The quantitative estimate of drug-likeness (QED) is 0.746. The molecule has 0 spiro atoms. The van der Waals surface area contributed by atoms with E-state index in [2.05, 4.69) is 18.2 Å². The van der Waals surface area contributed by atoms with E-state index in [-0.39, 0.29) is 5.12 Å². The Balaban J connectivity index is 2.50. The Morgan fingerprint density at radius 1 is 1.47 bits per heavy atom. The molecule has 1 aromatic carbocycles. The molecule has 0 aliphatic heterocycles. The van der Waals surface area contributed by atoms with Crippen LogP contribution >= 0.6 is 11.8 Å². The summed E-state index contributed by atoms with van der Waals surface area (Å²) in [6.07, 6.45) is 5.04. The largest absolute Gasteiger partial charge is 0.496 e. The van der Waals surface area contributed by atoms with Crippen LogP contribution < -0.4 is 4.74 Å². The van der Waals surface area contributed by atoms with E-state index in [1.165, 1.54) is 11.8 Å². The molecule has 0 fully saturated rings. The van der Waals surface area contributed by atoms with Gasteiger partial charge >= 0.3 is 0 Å². The van der Waals surface area contributed by atoms with Gasteiger partial charge < -0.3 is 4.74 Å². The number of rotatable bonds is 5. The van der Waals surface area contributed by atoms with Crippen molar-refractivity contribution < 1.29 is 9.53 Å². The Labute approximate surface area is 107 Å². The van der Waals surface area contributed by atoms with E-state index in [1.54, 1.807) is 14.0 Å². The van der Waals surface area contributed by atoms with Crippen molar-refractivity contribution in [2.24, 2.45) is 0 Å². The minimum absolute atomic E-state index is 0.176. The predicted octanol–water partition coefficient (Wildman–Crippen LogP) is 3.69. The van der Waals surface area contributed by atoms with Gasteiger partial charge in [-0.25, -0.2) is 0 Å². The van der Waals surface area contributed by atoms with Crippen LogP contribution in [0.25, 0.3) is 6.08 Å². The van der Waals surface area contributed by atoms with Gasteiger partial charge in [0.15, 0.2) is 5.12 Å². The average molecular weight is 250 g/mol. The van der Waals surface area contributed by atoms with Crippen LogP contribution in [-0.2, 0) is 4.79 Å². The molecule has 92 valence electrons. The fraction of sp³-hybridized carbons (Fsp3) is 0.357. The normalized spacial score (nSPS) is 10.8. The number of ether oxygens (including phenoxy) is 1. The molecule has 0 atom stereocenters. The summed E-state index contributed by atoms with van der Waals surface area (Å²) in [6.45, 7) is 3.62. The Morgan fingerprint density at radius 3 is 2.88 bits per heavy atom. The Morgan fingerprint density at radius 2 is 2.24 bits per heavy atom. The Kier molecular flexibility index (Phi) is 5.84. The molecule has 0 saturated heterocycles. The molecule has 0 bridgehead atoms. The summed E-state index contributed by atoms with van der Waals surface area (Å²) in [7, 11) is 1.68. The first-order valence-corrected chi connectivity index (χ1v) is 6.56. The summed E-state index contributed by atoms with van der Waals surface area (Å²) in [5, 5.41) is 0.176. The molecule has 0 heterocycles. The van der Waals surface area contributed by atoms with E-state index >= 15 is 0 Å². The predicted molar refractivity (Wildman–Crippen MR) is 74.5 cm³/mol. The first kappa shape index (κ1) is 13.8. The summed E-state index contributed by atoms with van der Waals surface area (Å²) in [5.41, 5.74) is 2.26. The molecule has 0 aliphatic carbocycles. The third-order valence-corrected chi connectivity index (χ3v) is 3.18. The summed E-state index contributed by atoms with van der Waals surface area (Å²) >= 11 is 1.36. The molecule has 0 radical (unpaired) electrons. The van der Waals surface area contributed by atoms with Crippen LogP contribution in [0.3, 0.4) is 0 Å².